The van der Waals surface area contributed by atoms with E-state index in [9.17, 15) is 0 Å². The standard InChI is InChI=1S/C6H9NS/c1-6(2)5-8-4-3-7/h1,4-5H2,2H3. The van der Waals surface area contributed by atoms with Crippen molar-refractivity contribution in [3.05, 3.63) is 12.2 Å². The lowest BCUT2D eigenvalue weighted by molar-refractivity contribution is 1.43. The van der Waals surface area contributed by atoms with Crippen LogP contribution in [0.3, 0.4) is 0 Å². The molecule has 0 rings (SSSR count). The van der Waals surface area contributed by atoms with E-state index >= 15 is 0 Å². The number of hydrogen-bond acceptors (Lipinski definition) is 2. The lowest BCUT2D eigenvalue weighted by Crippen LogP contribution is -1.78. The first-order chi connectivity index (χ1) is 3.77. The van der Waals surface area contributed by atoms with Crippen molar-refractivity contribution in [3.63, 3.8) is 0 Å². The van der Waals surface area contributed by atoms with Crippen LogP contribution in [0.25, 0.3) is 0 Å². The van der Waals surface area contributed by atoms with Gasteiger partial charge in [0.15, 0.2) is 0 Å². The molecular weight excluding hydrogens is 118 g/mol. The van der Waals surface area contributed by atoms with Crippen LogP contribution in [0.1, 0.15) is 6.92 Å². The Bertz CT molecular complexity index is 112. The highest BCUT2D eigenvalue weighted by atomic mass is 32.2. The predicted octanol–water partition coefficient (Wildman–Crippen LogP) is 1.82. The highest BCUT2D eigenvalue weighted by Crippen LogP contribution is 2.02. The van der Waals surface area contributed by atoms with E-state index in [1.807, 2.05) is 13.0 Å². The Balaban J connectivity index is 2.97. The van der Waals surface area contributed by atoms with Gasteiger partial charge >= 0.3 is 0 Å². The molecule has 2 heteroatoms. The summed E-state index contributed by atoms with van der Waals surface area (Å²) < 4.78 is 0. The van der Waals surface area contributed by atoms with E-state index in [1.54, 1.807) is 11.8 Å². The Kier molecular flexibility index (Phi) is 4.48. The second-order valence-electron chi connectivity index (χ2n) is 1.61. The largest absolute Gasteiger partial charge is 0.197 e. The van der Waals surface area contributed by atoms with Gasteiger partial charge in [-0.3, -0.25) is 0 Å². The molecule has 0 bridgehead atoms. The zero-order valence-corrected chi connectivity index (χ0v) is 5.79. The summed E-state index contributed by atoms with van der Waals surface area (Å²) in [6.07, 6.45) is 0. The maximum Gasteiger partial charge on any atom is 0.0811 e. The van der Waals surface area contributed by atoms with E-state index in [1.165, 1.54) is 0 Å². The SMILES string of the molecule is C=C(C)CSCC#N. The smallest absolute Gasteiger partial charge is 0.0811 e. The Labute approximate surface area is 54.4 Å². The van der Waals surface area contributed by atoms with Gasteiger partial charge in [0.05, 0.1) is 11.8 Å². The predicted molar refractivity (Wildman–Crippen MR) is 37.8 cm³/mol. The van der Waals surface area contributed by atoms with Crippen molar-refractivity contribution >= 4 is 11.8 Å². The van der Waals surface area contributed by atoms with Crippen LogP contribution in [0.15, 0.2) is 12.2 Å². The van der Waals surface area contributed by atoms with Crippen molar-refractivity contribution in [3.8, 4) is 6.07 Å². The Hall–Kier alpha value is -0.420. The van der Waals surface area contributed by atoms with E-state index in [0.29, 0.717) is 5.75 Å². The normalized spacial score (nSPS) is 8.00. The summed E-state index contributed by atoms with van der Waals surface area (Å²) in [5, 5.41) is 8.08. The first-order valence-corrected chi connectivity index (χ1v) is 3.52. The molecular formula is C6H9NS. The van der Waals surface area contributed by atoms with Gasteiger partial charge in [-0.15, -0.1) is 11.8 Å². The number of hydrogen-bond donors (Lipinski definition) is 0. The van der Waals surface area contributed by atoms with Crippen LogP contribution in [0.4, 0.5) is 0 Å². The van der Waals surface area contributed by atoms with Crippen molar-refractivity contribution in [2.45, 2.75) is 6.92 Å². The fourth-order valence-electron chi connectivity index (χ4n) is 0.271. The molecule has 0 fully saturated rings. The minimum atomic E-state index is 0.576. The van der Waals surface area contributed by atoms with Crippen LogP contribution < -0.4 is 0 Å². The first-order valence-electron chi connectivity index (χ1n) is 2.36. The Morgan fingerprint density at radius 1 is 1.88 bits per heavy atom. The molecule has 0 radical (unpaired) electrons. The van der Waals surface area contributed by atoms with E-state index in [2.05, 4.69) is 6.58 Å². The van der Waals surface area contributed by atoms with E-state index in [-0.39, 0.29) is 0 Å². The van der Waals surface area contributed by atoms with Crippen LogP contribution in [0.2, 0.25) is 0 Å². The number of nitrogens with zero attached hydrogens (tertiary/aromatic N) is 1. The third-order valence-corrected chi connectivity index (χ3v) is 1.55. The minimum Gasteiger partial charge on any atom is -0.197 e. The van der Waals surface area contributed by atoms with E-state index < -0.39 is 0 Å². The van der Waals surface area contributed by atoms with Crippen LogP contribution in [-0.2, 0) is 0 Å². The van der Waals surface area contributed by atoms with Crippen molar-refractivity contribution in [1.82, 2.24) is 0 Å². The minimum absolute atomic E-state index is 0.576. The molecule has 0 aliphatic carbocycles. The van der Waals surface area contributed by atoms with Gasteiger partial charge < -0.3 is 0 Å². The molecule has 0 amide bonds. The van der Waals surface area contributed by atoms with Crippen LogP contribution in [0.5, 0.6) is 0 Å². The third kappa shape index (κ3) is 5.58. The summed E-state index contributed by atoms with van der Waals surface area (Å²) in [7, 11) is 0. The van der Waals surface area contributed by atoms with Gasteiger partial charge in [0.1, 0.15) is 0 Å². The average Bonchev–Trinajstić information content (AvgIpc) is 1.66. The topological polar surface area (TPSA) is 23.8 Å². The summed E-state index contributed by atoms with van der Waals surface area (Å²) in [5.74, 6) is 1.49. The summed E-state index contributed by atoms with van der Waals surface area (Å²) in [4.78, 5) is 0. The van der Waals surface area contributed by atoms with Crippen molar-refractivity contribution in [1.29, 1.82) is 5.26 Å². The molecule has 0 aliphatic rings. The molecule has 0 saturated heterocycles. The fraction of sp³-hybridized carbons (Fsp3) is 0.500. The van der Waals surface area contributed by atoms with Crippen molar-refractivity contribution < 1.29 is 0 Å². The lowest BCUT2D eigenvalue weighted by atomic mass is 10.4. The molecule has 0 spiro atoms. The van der Waals surface area contributed by atoms with Crippen LogP contribution >= 0.6 is 11.8 Å². The molecule has 0 aromatic heterocycles. The van der Waals surface area contributed by atoms with E-state index in [0.717, 1.165) is 11.3 Å². The highest BCUT2D eigenvalue weighted by Gasteiger charge is 1.84. The van der Waals surface area contributed by atoms with Crippen LogP contribution in [0, 0.1) is 11.3 Å². The summed E-state index contributed by atoms with van der Waals surface area (Å²) in [5.41, 5.74) is 1.13. The lowest BCUT2D eigenvalue weighted by Gasteiger charge is -1.90. The van der Waals surface area contributed by atoms with Gasteiger partial charge in [-0.25, -0.2) is 0 Å². The number of thioether (sulfide) groups is 1. The third-order valence-electron chi connectivity index (χ3n) is 0.515. The average molecular weight is 127 g/mol. The zero-order chi connectivity index (χ0) is 6.41. The van der Waals surface area contributed by atoms with E-state index in [4.69, 9.17) is 5.26 Å². The molecule has 0 saturated carbocycles. The van der Waals surface area contributed by atoms with Gasteiger partial charge in [-0.1, -0.05) is 12.2 Å². The fourth-order valence-corrected chi connectivity index (χ4v) is 0.813. The molecule has 0 unspecified atom stereocenters. The maximum absolute atomic E-state index is 8.08. The molecule has 0 heterocycles. The molecule has 0 atom stereocenters. The van der Waals surface area contributed by atoms with Gasteiger partial charge in [0.2, 0.25) is 0 Å². The van der Waals surface area contributed by atoms with Crippen molar-refractivity contribution in [2.24, 2.45) is 0 Å². The Morgan fingerprint density at radius 3 is 2.88 bits per heavy atom. The van der Waals surface area contributed by atoms with Gasteiger partial charge in [0, 0.05) is 5.75 Å². The van der Waals surface area contributed by atoms with Crippen molar-refractivity contribution in [2.75, 3.05) is 11.5 Å². The zero-order valence-electron chi connectivity index (χ0n) is 4.98. The second-order valence-corrected chi connectivity index (χ2v) is 2.59. The molecule has 0 aliphatic heterocycles. The quantitative estimate of drug-likeness (QED) is 0.426. The Morgan fingerprint density at radius 2 is 2.50 bits per heavy atom. The highest BCUT2D eigenvalue weighted by molar-refractivity contribution is 7.99. The summed E-state index contributed by atoms with van der Waals surface area (Å²) in [6, 6.07) is 2.04. The van der Waals surface area contributed by atoms with Crippen LogP contribution in [-0.4, -0.2) is 11.5 Å². The van der Waals surface area contributed by atoms with Gasteiger partial charge in [-0.2, -0.15) is 5.26 Å². The number of rotatable bonds is 3. The second kappa shape index (κ2) is 4.73. The molecule has 0 aromatic carbocycles. The molecule has 0 N–H and O–H groups in total. The van der Waals surface area contributed by atoms with Gasteiger partial charge in [-0.05, 0) is 6.92 Å². The molecule has 44 valence electrons. The molecule has 1 nitrogen and oxygen atoms in total. The van der Waals surface area contributed by atoms with Gasteiger partial charge in [0.25, 0.3) is 0 Å². The first kappa shape index (κ1) is 7.58. The molecule has 8 heavy (non-hydrogen) atoms. The number of nitriles is 1. The maximum atomic E-state index is 8.08. The molecule has 0 aromatic rings. The summed E-state index contributed by atoms with van der Waals surface area (Å²) in [6.45, 7) is 5.66. The monoisotopic (exact) mass is 127 g/mol. The summed E-state index contributed by atoms with van der Waals surface area (Å²) >= 11 is 1.60.